The maximum absolute atomic E-state index is 12.1. The lowest BCUT2D eigenvalue weighted by atomic mass is 10.1. The van der Waals surface area contributed by atoms with Crippen molar-refractivity contribution in [1.29, 1.82) is 0 Å². The smallest absolute Gasteiger partial charge is 0.234 e. The molecule has 0 saturated heterocycles. The molecule has 0 saturated carbocycles. The lowest BCUT2D eigenvalue weighted by Gasteiger charge is -1.96. The molecule has 0 aliphatic rings. The third-order valence-corrected chi connectivity index (χ3v) is 3.15. The minimum atomic E-state index is -0.0324. The maximum Gasteiger partial charge on any atom is 0.234 e. The molecular formula is C17H14N2O2. The molecule has 0 bridgehead atoms. The fourth-order valence-electron chi connectivity index (χ4n) is 2.09. The summed E-state index contributed by atoms with van der Waals surface area (Å²) in [6, 6.07) is 16.9. The highest BCUT2D eigenvalue weighted by atomic mass is 16.5. The van der Waals surface area contributed by atoms with Crippen molar-refractivity contribution in [3.63, 3.8) is 0 Å². The van der Waals surface area contributed by atoms with Crippen molar-refractivity contribution in [3.8, 4) is 11.4 Å². The molecule has 0 aliphatic heterocycles. The number of nitrogens with zero attached hydrogens (tertiary/aromatic N) is 2. The monoisotopic (exact) mass is 278 g/mol. The van der Waals surface area contributed by atoms with E-state index in [-0.39, 0.29) is 12.2 Å². The van der Waals surface area contributed by atoms with E-state index >= 15 is 0 Å². The molecule has 0 radical (unpaired) electrons. The zero-order chi connectivity index (χ0) is 14.7. The largest absolute Gasteiger partial charge is 0.338 e. The van der Waals surface area contributed by atoms with E-state index in [2.05, 4.69) is 10.1 Å². The van der Waals surface area contributed by atoms with Gasteiger partial charge in [0.2, 0.25) is 11.7 Å². The van der Waals surface area contributed by atoms with Crippen LogP contribution in [0.3, 0.4) is 0 Å². The summed E-state index contributed by atoms with van der Waals surface area (Å²) < 4.78 is 5.17. The molecule has 1 aromatic heterocycles. The minimum absolute atomic E-state index is 0.0324. The SMILES string of the molecule is Cc1cccc(-c2noc(CC(=O)c3ccccc3)n2)c1. The van der Waals surface area contributed by atoms with Crippen molar-refractivity contribution in [2.45, 2.75) is 13.3 Å². The second kappa shape index (κ2) is 5.71. The predicted octanol–water partition coefficient (Wildman–Crippen LogP) is 3.47. The summed E-state index contributed by atoms with van der Waals surface area (Å²) in [7, 11) is 0. The summed E-state index contributed by atoms with van der Waals surface area (Å²) in [5, 5.41) is 3.94. The van der Waals surface area contributed by atoms with Crippen LogP contribution in [0.15, 0.2) is 59.1 Å². The van der Waals surface area contributed by atoms with Crippen LogP contribution in [-0.4, -0.2) is 15.9 Å². The molecule has 2 aromatic carbocycles. The number of benzene rings is 2. The molecule has 4 nitrogen and oxygen atoms in total. The van der Waals surface area contributed by atoms with Gasteiger partial charge in [-0.2, -0.15) is 4.98 Å². The Morgan fingerprint density at radius 1 is 1.10 bits per heavy atom. The van der Waals surface area contributed by atoms with Crippen LogP contribution in [-0.2, 0) is 6.42 Å². The number of ketones is 1. The van der Waals surface area contributed by atoms with Crippen molar-refractivity contribution in [3.05, 3.63) is 71.6 Å². The molecule has 0 N–H and O–H groups in total. The molecular weight excluding hydrogens is 264 g/mol. The third-order valence-electron chi connectivity index (χ3n) is 3.15. The Bertz CT molecular complexity index is 763. The van der Waals surface area contributed by atoms with Crippen molar-refractivity contribution >= 4 is 5.78 Å². The van der Waals surface area contributed by atoms with Gasteiger partial charge in [-0.3, -0.25) is 4.79 Å². The molecule has 0 spiro atoms. The summed E-state index contributed by atoms with van der Waals surface area (Å²) in [6.45, 7) is 2.00. The normalized spacial score (nSPS) is 10.5. The highest BCUT2D eigenvalue weighted by Crippen LogP contribution is 2.17. The van der Waals surface area contributed by atoms with Crippen LogP contribution in [0.2, 0.25) is 0 Å². The van der Waals surface area contributed by atoms with Crippen molar-refractivity contribution in [2.24, 2.45) is 0 Å². The van der Waals surface area contributed by atoms with Gasteiger partial charge in [0, 0.05) is 11.1 Å². The first kappa shape index (κ1) is 13.2. The Balaban J connectivity index is 1.78. The molecule has 21 heavy (non-hydrogen) atoms. The standard InChI is InChI=1S/C17H14N2O2/c1-12-6-5-9-14(10-12)17-18-16(21-19-17)11-15(20)13-7-3-2-4-8-13/h2-10H,11H2,1H3. The topological polar surface area (TPSA) is 56.0 Å². The van der Waals surface area contributed by atoms with Crippen LogP contribution in [0.4, 0.5) is 0 Å². The fourth-order valence-corrected chi connectivity index (χ4v) is 2.09. The minimum Gasteiger partial charge on any atom is -0.338 e. The lowest BCUT2D eigenvalue weighted by Crippen LogP contribution is -2.03. The number of aromatic nitrogens is 2. The van der Waals surface area contributed by atoms with Gasteiger partial charge >= 0.3 is 0 Å². The van der Waals surface area contributed by atoms with E-state index in [0.717, 1.165) is 11.1 Å². The molecule has 0 amide bonds. The molecule has 104 valence electrons. The number of carbonyl (C=O) groups excluding carboxylic acids is 1. The number of hydrogen-bond donors (Lipinski definition) is 0. The summed E-state index contributed by atoms with van der Waals surface area (Å²) in [6.07, 6.45) is 0.114. The molecule has 3 rings (SSSR count). The van der Waals surface area contributed by atoms with Gasteiger partial charge in [0.25, 0.3) is 0 Å². The zero-order valence-electron chi connectivity index (χ0n) is 11.6. The predicted molar refractivity (Wildman–Crippen MR) is 78.9 cm³/mol. The zero-order valence-corrected chi connectivity index (χ0v) is 11.6. The lowest BCUT2D eigenvalue weighted by molar-refractivity contribution is 0.0983. The van der Waals surface area contributed by atoms with E-state index in [9.17, 15) is 4.79 Å². The van der Waals surface area contributed by atoms with Crippen molar-refractivity contribution in [2.75, 3.05) is 0 Å². The first-order chi connectivity index (χ1) is 10.2. The molecule has 0 unspecified atom stereocenters. The van der Waals surface area contributed by atoms with Gasteiger partial charge in [-0.25, -0.2) is 0 Å². The van der Waals surface area contributed by atoms with E-state index in [1.807, 2.05) is 49.4 Å². The number of rotatable bonds is 4. The second-order valence-corrected chi connectivity index (χ2v) is 4.85. The summed E-state index contributed by atoms with van der Waals surface area (Å²) in [5.74, 6) is 0.810. The molecule has 4 heteroatoms. The number of aryl methyl sites for hydroxylation is 1. The van der Waals surface area contributed by atoms with Gasteiger partial charge in [0.15, 0.2) is 5.78 Å². The van der Waals surface area contributed by atoms with Crippen LogP contribution < -0.4 is 0 Å². The van der Waals surface area contributed by atoms with Gasteiger partial charge in [-0.15, -0.1) is 0 Å². The first-order valence-corrected chi connectivity index (χ1v) is 6.70. The Kier molecular flexibility index (Phi) is 3.60. The summed E-state index contributed by atoms with van der Waals surface area (Å²) >= 11 is 0. The van der Waals surface area contributed by atoms with E-state index < -0.39 is 0 Å². The molecule has 1 heterocycles. The van der Waals surface area contributed by atoms with E-state index in [4.69, 9.17) is 4.52 Å². The quantitative estimate of drug-likeness (QED) is 0.686. The van der Waals surface area contributed by atoms with Crippen molar-refractivity contribution < 1.29 is 9.32 Å². The van der Waals surface area contributed by atoms with E-state index in [1.165, 1.54) is 0 Å². The van der Waals surface area contributed by atoms with Crippen LogP contribution >= 0.6 is 0 Å². The van der Waals surface area contributed by atoms with Gasteiger partial charge < -0.3 is 4.52 Å². The number of hydrogen-bond acceptors (Lipinski definition) is 4. The highest BCUT2D eigenvalue weighted by molar-refractivity contribution is 5.96. The molecule has 3 aromatic rings. The van der Waals surface area contributed by atoms with E-state index in [0.29, 0.717) is 17.3 Å². The van der Waals surface area contributed by atoms with Crippen molar-refractivity contribution in [1.82, 2.24) is 10.1 Å². The number of carbonyl (C=O) groups is 1. The third kappa shape index (κ3) is 3.05. The van der Waals surface area contributed by atoms with Crippen LogP contribution in [0.5, 0.6) is 0 Å². The van der Waals surface area contributed by atoms with Crippen LogP contribution in [0.25, 0.3) is 11.4 Å². The Labute approximate surface area is 122 Å². The Morgan fingerprint density at radius 3 is 2.67 bits per heavy atom. The van der Waals surface area contributed by atoms with Gasteiger partial charge in [0.05, 0.1) is 6.42 Å². The molecule has 0 atom stereocenters. The molecule has 0 fully saturated rings. The average molecular weight is 278 g/mol. The van der Waals surface area contributed by atoms with Crippen LogP contribution in [0.1, 0.15) is 21.8 Å². The fraction of sp³-hybridized carbons (Fsp3) is 0.118. The first-order valence-electron chi connectivity index (χ1n) is 6.70. The molecule has 0 aliphatic carbocycles. The van der Waals surface area contributed by atoms with Gasteiger partial charge in [0.1, 0.15) is 0 Å². The summed E-state index contributed by atoms with van der Waals surface area (Å²) in [4.78, 5) is 16.4. The summed E-state index contributed by atoms with van der Waals surface area (Å²) in [5.41, 5.74) is 2.66. The maximum atomic E-state index is 12.1. The van der Waals surface area contributed by atoms with Gasteiger partial charge in [-0.1, -0.05) is 59.3 Å². The second-order valence-electron chi connectivity index (χ2n) is 4.85. The van der Waals surface area contributed by atoms with E-state index in [1.54, 1.807) is 12.1 Å². The Morgan fingerprint density at radius 2 is 1.90 bits per heavy atom. The average Bonchev–Trinajstić information content (AvgIpc) is 2.97. The highest BCUT2D eigenvalue weighted by Gasteiger charge is 2.13. The number of Topliss-reactive ketones (excluding diaryl/α,β-unsaturated/α-hetero) is 1. The Hall–Kier alpha value is -2.75. The van der Waals surface area contributed by atoms with Gasteiger partial charge in [-0.05, 0) is 13.0 Å². The van der Waals surface area contributed by atoms with Crippen LogP contribution in [0, 0.1) is 6.92 Å².